The van der Waals surface area contributed by atoms with Gasteiger partial charge in [-0.25, -0.2) is 0 Å². The fourth-order valence-electron chi connectivity index (χ4n) is 1.38. The molecule has 0 bridgehead atoms. The largest absolute Gasteiger partial charge is 0.481 e. The van der Waals surface area contributed by atoms with Crippen LogP contribution >= 0.6 is 27.3 Å². The maximum atomic E-state index is 10.7. The molecule has 1 aromatic heterocycles. The monoisotopic (exact) mass is 291 g/mol. The number of carboxylic acid groups (broad SMARTS) is 1. The highest BCUT2D eigenvalue weighted by Gasteiger charge is 2.31. The van der Waals surface area contributed by atoms with E-state index in [4.69, 9.17) is 10.8 Å². The van der Waals surface area contributed by atoms with Gasteiger partial charge in [0.2, 0.25) is 0 Å². The van der Waals surface area contributed by atoms with E-state index < -0.39 is 11.4 Å². The molecule has 0 radical (unpaired) electrons. The van der Waals surface area contributed by atoms with Crippen LogP contribution in [-0.2, 0) is 4.79 Å². The van der Waals surface area contributed by atoms with Crippen LogP contribution in [-0.4, -0.2) is 11.1 Å². The lowest BCUT2D eigenvalue weighted by molar-refractivity contribution is -0.139. The van der Waals surface area contributed by atoms with Crippen molar-refractivity contribution in [3.05, 3.63) is 20.8 Å². The van der Waals surface area contributed by atoms with E-state index in [-0.39, 0.29) is 12.5 Å². The average molecular weight is 292 g/mol. The number of hydrogen-bond acceptors (Lipinski definition) is 3. The van der Waals surface area contributed by atoms with Crippen LogP contribution in [0.15, 0.2) is 15.9 Å². The summed E-state index contributed by atoms with van der Waals surface area (Å²) in [6.07, 6.45) is 0.0731. The maximum Gasteiger partial charge on any atom is 0.303 e. The molecule has 0 amide bonds. The molecule has 0 fully saturated rings. The summed E-state index contributed by atoms with van der Waals surface area (Å²) in [5.74, 6) is -0.814. The summed E-state index contributed by atoms with van der Waals surface area (Å²) in [5.41, 5.74) is 5.63. The summed E-state index contributed by atoms with van der Waals surface area (Å²) >= 11 is 4.91. The first-order valence-corrected chi connectivity index (χ1v) is 6.16. The molecule has 0 aliphatic carbocycles. The van der Waals surface area contributed by atoms with E-state index in [0.29, 0.717) is 0 Å². The minimum atomic E-state index is -0.814. The molecule has 1 atom stereocenters. The Balaban J connectivity index is 2.83. The van der Waals surface area contributed by atoms with Gasteiger partial charge in [0.25, 0.3) is 0 Å². The van der Waals surface area contributed by atoms with Gasteiger partial charge < -0.3 is 10.8 Å². The molecule has 15 heavy (non-hydrogen) atoms. The van der Waals surface area contributed by atoms with Crippen molar-refractivity contribution in [2.24, 2.45) is 11.1 Å². The van der Waals surface area contributed by atoms with Gasteiger partial charge in [-0.15, -0.1) is 11.3 Å². The molecule has 3 N–H and O–H groups in total. The first-order valence-electron chi connectivity index (χ1n) is 4.55. The third kappa shape index (κ3) is 3.29. The van der Waals surface area contributed by atoms with Crippen molar-refractivity contribution in [1.29, 1.82) is 0 Å². The van der Waals surface area contributed by atoms with Crippen LogP contribution in [0, 0.1) is 5.41 Å². The zero-order valence-electron chi connectivity index (χ0n) is 8.66. The molecule has 0 aliphatic rings. The molecule has 0 saturated heterocycles. The lowest BCUT2D eigenvalue weighted by Crippen LogP contribution is -2.30. The molecule has 1 unspecified atom stereocenters. The van der Waals surface area contributed by atoms with E-state index in [1.54, 1.807) is 11.3 Å². The fraction of sp³-hybridized carbons (Fsp3) is 0.500. The molecule has 0 aromatic carbocycles. The quantitative estimate of drug-likeness (QED) is 0.896. The first kappa shape index (κ1) is 12.7. The maximum absolute atomic E-state index is 10.7. The van der Waals surface area contributed by atoms with Gasteiger partial charge in [-0.3, -0.25) is 4.79 Å². The van der Waals surface area contributed by atoms with Crippen molar-refractivity contribution in [3.63, 3.8) is 0 Å². The smallest absolute Gasteiger partial charge is 0.303 e. The van der Waals surface area contributed by atoms with Crippen LogP contribution in [0.2, 0.25) is 0 Å². The summed E-state index contributed by atoms with van der Waals surface area (Å²) in [6, 6.07) is 3.62. The predicted molar refractivity (Wildman–Crippen MR) is 65.0 cm³/mol. The average Bonchev–Trinajstić information content (AvgIpc) is 2.48. The van der Waals surface area contributed by atoms with Gasteiger partial charge in [0, 0.05) is 10.9 Å². The topological polar surface area (TPSA) is 63.3 Å². The summed E-state index contributed by atoms with van der Waals surface area (Å²) in [7, 11) is 0. The Hall–Kier alpha value is -0.390. The van der Waals surface area contributed by atoms with E-state index in [1.807, 2.05) is 26.0 Å². The fourth-order valence-corrected chi connectivity index (χ4v) is 3.02. The van der Waals surface area contributed by atoms with Crippen molar-refractivity contribution in [3.8, 4) is 0 Å². The molecule has 3 nitrogen and oxygen atoms in total. The first-order chi connectivity index (χ1) is 6.83. The number of thiophene rings is 1. The van der Waals surface area contributed by atoms with Crippen LogP contribution in [0.4, 0.5) is 0 Å². The lowest BCUT2D eigenvalue weighted by Gasteiger charge is -2.29. The van der Waals surface area contributed by atoms with Gasteiger partial charge in [-0.2, -0.15) is 0 Å². The van der Waals surface area contributed by atoms with Crippen LogP contribution in [0.5, 0.6) is 0 Å². The Morgan fingerprint density at radius 2 is 2.27 bits per heavy atom. The van der Waals surface area contributed by atoms with Crippen molar-refractivity contribution < 1.29 is 9.90 Å². The van der Waals surface area contributed by atoms with E-state index in [1.165, 1.54) is 0 Å². The molecular weight excluding hydrogens is 278 g/mol. The second-order valence-corrected chi connectivity index (χ2v) is 6.67. The number of rotatable bonds is 4. The lowest BCUT2D eigenvalue weighted by atomic mass is 9.81. The Morgan fingerprint density at radius 3 is 2.67 bits per heavy atom. The zero-order valence-corrected chi connectivity index (χ0v) is 11.1. The standard InChI is InChI=1S/C10H14BrNO2S/c1-10(2,5-8(13)14)9(12)6-3-4-7(11)15-6/h3-4,9H,5,12H2,1-2H3,(H,13,14). The van der Waals surface area contributed by atoms with Crippen LogP contribution in [0.25, 0.3) is 0 Å². The molecular formula is C10H14BrNO2S. The summed E-state index contributed by atoms with van der Waals surface area (Å²) in [6.45, 7) is 3.75. The summed E-state index contributed by atoms with van der Waals surface area (Å²) in [5, 5.41) is 8.79. The van der Waals surface area contributed by atoms with Crippen molar-refractivity contribution >= 4 is 33.2 Å². The molecule has 84 valence electrons. The molecule has 0 aliphatic heterocycles. The van der Waals surface area contributed by atoms with E-state index in [9.17, 15) is 4.79 Å². The highest BCUT2D eigenvalue weighted by molar-refractivity contribution is 9.11. The van der Waals surface area contributed by atoms with Gasteiger partial charge in [-0.05, 0) is 33.5 Å². The number of carbonyl (C=O) groups is 1. The SMILES string of the molecule is CC(C)(CC(=O)O)C(N)c1ccc(Br)s1. The Bertz CT molecular complexity index is 362. The van der Waals surface area contributed by atoms with Gasteiger partial charge in [-0.1, -0.05) is 13.8 Å². The Labute approximate surface area is 101 Å². The second kappa shape index (κ2) is 4.63. The molecule has 0 saturated carbocycles. The highest BCUT2D eigenvalue weighted by Crippen LogP contribution is 2.38. The normalized spacial score (nSPS) is 13.9. The van der Waals surface area contributed by atoms with Gasteiger partial charge >= 0.3 is 5.97 Å². The number of nitrogens with two attached hydrogens (primary N) is 1. The van der Waals surface area contributed by atoms with Crippen molar-refractivity contribution in [2.75, 3.05) is 0 Å². The van der Waals surface area contributed by atoms with Crippen LogP contribution in [0.1, 0.15) is 31.2 Å². The van der Waals surface area contributed by atoms with Gasteiger partial charge in [0.15, 0.2) is 0 Å². The molecule has 1 aromatic rings. The summed E-state index contributed by atoms with van der Waals surface area (Å²) in [4.78, 5) is 11.7. The van der Waals surface area contributed by atoms with Crippen LogP contribution in [0.3, 0.4) is 0 Å². The number of halogens is 1. The Morgan fingerprint density at radius 1 is 1.67 bits per heavy atom. The molecule has 5 heteroatoms. The number of aliphatic carboxylic acids is 1. The highest BCUT2D eigenvalue weighted by atomic mass is 79.9. The zero-order chi connectivity index (χ0) is 11.6. The number of carboxylic acids is 1. The minimum absolute atomic E-state index is 0.0731. The van der Waals surface area contributed by atoms with E-state index in [0.717, 1.165) is 8.66 Å². The van der Waals surface area contributed by atoms with Crippen molar-refractivity contribution in [1.82, 2.24) is 0 Å². The molecule has 1 heterocycles. The van der Waals surface area contributed by atoms with E-state index >= 15 is 0 Å². The van der Waals surface area contributed by atoms with E-state index in [2.05, 4.69) is 15.9 Å². The summed E-state index contributed by atoms with van der Waals surface area (Å²) < 4.78 is 1.01. The van der Waals surface area contributed by atoms with Crippen LogP contribution < -0.4 is 5.73 Å². The molecule has 1 rings (SSSR count). The second-order valence-electron chi connectivity index (χ2n) is 4.18. The van der Waals surface area contributed by atoms with Gasteiger partial charge in [0.05, 0.1) is 10.2 Å². The third-order valence-corrected chi connectivity index (χ3v) is 4.06. The molecule has 0 spiro atoms. The number of hydrogen-bond donors (Lipinski definition) is 2. The van der Waals surface area contributed by atoms with Gasteiger partial charge in [0.1, 0.15) is 0 Å². The predicted octanol–water partition coefficient (Wildman–Crippen LogP) is 3.01. The third-order valence-electron chi connectivity index (χ3n) is 2.35. The minimum Gasteiger partial charge on any atom is -0.481 e. The Kier molecular flexibility index (Phi) is 3.92. The van der Waals surface area contributed by atoms with Crippen molar-refractivity contribution in [2.45, 2.75) is 26.3 Å².